The third kappa shape index (κ3) is 5.82. The molecule has 0 saturated heterocycles. The van der Waals surface area contributed by atoms with E-state index in [4.69, 9.17) is 0 Å². The number of rotatable bonds is 8. The molecule has 192 valence electrons. The van der Waals surface area contributed by atoms with Crippen molar-refractivity contribution in [2.24, 2.45) is 0 Å². The molecule has 1 aliphatic rings. The first-order valence-corrected chi connectivity index (χ1v) is 11.8. The molecule has 0 radical (unpaired) electrons. The molecule has 1 fully saturated rings. The van der Waals surface area contributed by atoms with E-state index in [1.54, 1.807) is 55.6 Å². The molecule has 0 aromatic heterocycles. The number of anilines is 1. The fraction of sp³-hybridized carbons (Fsp3) is 0.250. The van der Waals surface area contributed by atoms with Crippen LogP contribution in [0.2, 0.25) is 0 Å². The Kier molecular flexibility index (Phi) is 7.61. The van der Waals surface area contributed by atoms with Crippen LogP contribution < -0.4 is 10.6 Å². The molecular weight excluding hydrogens is 483 g/mol. The molecular formula is C28H26F3N3O3. The van der Waals surface area contributed by atoms with Crippen LogP contribution in [0.25, 0.3) is 0 Å². The van der Waals surface area contributed by atoms with Crippen molar-refractivity contribution < 1.29 is 27.6 Å². The minimum Gasteiger partial charge on any atom is -0.345 e. The highest BCUT2D eigenvalue weighted by atomic mass is 19.2. The molecule has 1 saturated carbocycles. The number of hydrogen-bond donors (Lipinski definition) is 2. The second kappa shape index (κ2) is 10.9. The second-order valence-corrected chi connectivity index (χ2v) is 9.14. The molecule has 0 heterocycles. The van der Waals surface area contributed by atoms with Crippen LogP contribution in [0.3, 0.4) is 0 Å². The predicted molar refractivity (Wildman–Crippen MR) is 132 cm³/mol. The number of hydrogen-bond acceptors (Lipinski definition) is 3. The summed E-state index contributed by atoms with van der Waals surface area (Å²) in [6, 6.07) is 16.9. The van der Waals surface area contributed by atoms with Gasteiger partial charge in [0.15, 0.2) is 11.6 Å². The number of halogens is 3. The standard InChI is InChI=1S/C28H26F3N3O3/c1-34(27(37)18-6-3-2-4-7-18)17-25(36)33-28(14-5-15-28)19-8-10-20(11-9-19)32-24(35)16-21-22(29)12-13-23(30)26(21)31/h2-4,6-13H,5,14-17H2,1H3,(H,32,35)(H,33,36). The Bertz CT molecular complexity index is 1310. The van der Waals surface area contributed by atoms with Crippen molar-refractivity contribution in [2.45, 2.75) is 31.2 Å². The second-order valence-electron chi connectivity index (χ2n) is 9.14. The molecule has 0 unspecified atom stereocenters. The zero-order chi connectivity index (χ0) is 26.6. The van der Waals surface area contributed by atoms with Crippen molar-refractivity contribution >= 4 is 23.4 Å². The lowest BCUT2D eigenvalue weighted by Crippen LogP contribution is -2.53. The Hall–Kier alpha value is -4.14. The highest BCUT2D eigenvalue weighted by Gasteiger charge is 2.40. The van der Waals surface area contributed by atoms with Gasteiger partial charge in [0, 0.05) is 23.9 Å². The van der Waals surface area contributed by atoms with Gasteiger partial charge in [-0.25, -0.2) is 13.2 Å². The van der Waals surface area contributed by atoms with Crippen molar-refractivity contribution in [1.82, 2.24) is 10.2 Å². The van der Waals surface area contributed by atoms with E-state index in [1.165, 1.54) is 4.90 Å². The summed E-state index contributed by atoms with van der Waals surface area (Å²) in [6.45, 7) is -0.100. The maximum absolute atomic E-state index is 13.9. The lowest BCUT2D eigenvalue weighted by molar-refractivity contribution is -0.124. The minimum atomic E-state index is -1.38. The fourth-order valence-corrected chi connectivity index (χ4v) is 4.38. The summed E-state index contributed by atoms with van der Waals surface area (Å²) < 4.78 is 41.1. The summed E-state index contributed by atoms with van der Waals surface area (Å²) in [5.41, 5.74) is 0.506. The van der Waals surface area contributed by atoms with Crippen molar-refractivity contribution in [3.63, 3.8) is 0 Å². The Morgan fingerprint density at radius 1 is 0.865 bits per heavy atom. The van der Waals surface area contributed by atoms with Gasteiger partial charge < -0.3 is 15.5 Å². The minimum absolute atomic E-state index is 0.100. The number of likely N-dealkylation sites (N-methyl/N-ethyl adjacent to an activating group) is 1. The largest absolute Gasteiger partial charge is 0.345 e. The van der Waals surface area contributed by atoms with Gasteiger partial charge in [-0.15, -0.1) is 0 Å². The van der Waals surface area contributed by atoms with Crippen molar-refractivity contribution in [1.29, 1.82) is 0 Å². The van der Waals surface area contributed by atoms with Crippen LogP contribution in [0.15, 0.2) is 66.7 Å². The van der Waals surface area contributed by atoms with Crippen molar-refractivity contribution in [2.75, 3.05) is 18.9 Å². The molecule has 3 amide bonds. The zero-order valence-corrected chi connectivity index (χ0v) is 20.2. The molecule has 1 aliphatic carbocycles. The van der Waals surface area contributed by atoms with Crippen molar-refractivity contribution in [3.05, 3.63) is 101 Å². The van der Waals surface area contributed by atoms with Gasteiger partial charge in [0.05, 0.1) is 18.5 Å². The van der Waals surface area contributed by atoms with Crippen LogP contribution in [-0.4, -0.2) is 36.2 Å². The van der Waals surface area contributed by atoms with E-state index in [2.05, 4.69) is 10.6 Å². The van der Waals surface area contributed by atoms with E-state index in [1.807, 2.05) is 6.07 Å². The molecule has 2 N–H and O–H groups in total. The molecule has 0 atom stereocenters. The molecule has 37 heavy (non-hydrogen) atoms. The number of carbonyl (C=O) groups is 3. The summed E-state index contributed by atoms with van der Waals surface area (Å²) in [7, 11) is 1.57. The van der Waals surface area contributed by atoms with Crippen LogP contribution in [0.1, 0.15) is 40.7 Å². The van der Waals surface area contributed by atoms with Crippen LogP contribution in [0, 0.1) is 17.5 Å². The first-order chi connectivity index (χ1) is 17.7. The summed E-state index contributed by atoms with van der Waals surface area (Å²) in [5.74, 6) is -4.85. The summed E-state index contributed by atoms with van der Waals surface area (Å²) in [4.78, 5) is 39.0. The van der Waals surface area contributed by atoms with Gasteiger partial charge in [-0.3, -0.25) is 14.4 Å². The molecule has 3 aromatic rings. The van der Waals surface area contributed by atoms with Gasteiger partial charge >= 0.3 is 0 Å². The average molecular weight is 510 g/mol. The quantitative estimate of drug-likeness (QED) is 0.438. The molecule has 4 rings (SSSR count). The number of nitrogens with one attached hydrogen (secondary N) is 2. The van der Waals surface area contributed by atoms with Crippen molar-refractivity contribution in [3.8, 4) is 0 Å². The van der Waals surface area contributed by atoms with Crippen LogP contribution >= 0.6 is 0 Å². The highest BCUT2D eigenvalue weighted by molar-refractivity contribution is 5.96. The topological polar surface area (TPSA) is 78.5 Å². The van der Waals surface area contributed by atoms with E-state index >= 15 is 0 Å². The number of carbonyl (C=O) groups excluding carboxylic acids is 3. The Morgan fingerprint density at radius 3 is 2.14 bits per heavy atom. The summed E-state index contributed by atoms with van der Waals surface area (Å²) in [5, 5.41) is 5.60. The van der Waals surface area contributed by atoms with E-state index < -0.39 is 40.9 Å². The molecule has 6 nitrogen and oxygen atoms in total. The smallest absolute Gasteiger partial charge is 0.254 e. The zero-order valence-electron chi connectivity index (χ0n) is 20.2. The van der Waals surface area contributed by atoms with Gasteiger partial charge in [0.25, 0.3) is 5.91 Å². The molecule has 0 aliphatic heterocycles. The summed E-state index contributed by atoms with van der Waals surface area (Å²) >= 11 is 0. The van der Waals surface area contributed by atoms with E-state index in [0.717, 1.165) is 30.9 Å². The molecule has 0 bridgehead atoms. The Balaban J connectivity index is 1.37. The number of amides is 3. The van der Waals surface area contributed by atoms with E-state index in [0.29, 0.717) is 17.3 Å². The van der Waals surface area contributed by atoms with Gasteiger partial charge in [-0.05, 0) is 61.2 Å². The van der Waals surface area contributed by atoms with E-state index in [9.17, 15) is 27.6 Å². The normalized spacial score (nSPS) is 13.8. The first-order valence-electron chi connectivity index (χ1n) is 11.8. The monoisotopic (exact) mass is 509 g/mol. The predicted octanol–water partition coefficient (Wildman–Crippen LogP) is 4.55. The van der Waals surface area contributed by atoms with E-state index in [-0.39, 0.29) is 18.4 Å². The van der Waals surface area contributed by atoms with Crippen LogP contribution in [0.4, 0.5) is 18.9 Å². The first kappa shape index (κ1) is 25.9. The Labute approximate surface area is 212 Å². The molecule has 3 aromatic carbocycles. The lowest BCUT2D eigenvalue weighted by atomic mass is 9.71. The lowest BCUT2D eigenvalue weighted by Gasteiger charge is -2.43. The third-order valence-electron chi connectivity index (χ3n) is 6.53. The van der Waals surface area contributed by atoms with Gasteiger partial charge in [0.1, 0.15) is 5.82 Å². The molecule has 9 heteroatoms. The number of nitrogens with zero attached hydrogens (tertiary/aromatic N) is 1. The Morgan fingerprint density at radius 2 is 1.51 bits per heavy atom. The van der Waals surface area contributed by atoms with Crippen LogP contribution in [0.5, 0.6) is 0 Å². The fourth-order valence-electron chi connectivity index (χ4n) is 4.38. The van der Waals surface area contributed by atoms with Gasteiger partial charge in [-0.1, -0.05) is 30.3 Å². The maximum Gasteiger partial charge on any atom is 0.254 e. The van der Waals surface area contributed by atoms with Gasteiger partial charge in [-0.2, -0.15) is 0 Å². The van der Waals surface area contributed by atoms with Gasteiger partial charge in [0.2, 0.25) is 11.8 Å². The third-order valence-corrected chi connectivity index (χ3v) is 6.53. The SMILES string of the molecule is CN(CC(=O)NC1(c2ccc(NC(=O)Cc3c(F)ccc(F)c3F)cc2)CCC1)C(=O)c1ccccc1. The molecule has 0 spiro atoms. The number of benzene rings is 3. The maximum atomic E-state index is 13.9. The summed E-state index contributed by atoms with van der Waals surface area (Å²) in [6.07, 6.45) is 1.70. The highest BCUT2D eigenvalue weighted by Crippen LogP contribution is 2.41. The average Bonchev–Trinajstić information content (AvgIpc) is 2.87. The van der Waals surface area contributed by atoms with Crippen LogP contribution in [-0.2, 0) is 21.5 Å².